The molecule has 4 atom stereocenters. The number of aromatic hydroxyl groups is 1. The van der Waals surface area contributed by atoms with Crippen molar-refractivity contribution in [2.45, 2.75) is 70.0 Å². The summed E-state index contributed by atoms with van der Waals surface area (Å²) in [4.78, 5) is 10.8. The van der Waals surface area contributed by atoms with Crippen LogP contribution in [-0.2, 0) is 24.4 Å². The second-order valence-corrected chi connectivity index (χ2v) is 12.2. The topological polar surface area (TPSA) is 129 Å². The lowest BCUT2D eigenvalue weighted by atomic mass is 9.80. The number of ether oxygens (including phenoxy) is 4. The van der Waals surface area contributed by atoms with Crippen molar-refractivity contribution in [2.75, 3.05) is 19.8 Å². The van der Waals surface area contributed by atoms with Gasteiger partial charge in [0, 0.05) is 6.61 Å². The van der Waals surface area contributed by atoms with Gasteiger partial charge >= 0.3 is 16.1 Å². The van der Waals surface area contributed by atoms with Gasteiger partial charge in [-0.3, -0.25) is 9.35 Å². The highest BCUT2D eigenvalue weighted by Gasteiger charge is 2.33. The third-order valence-corrected chi connectivity index (χ3v) is 8.44. The molecule has 0 saturated carbocycles. The molecular weight excluding hydrogens is 648 g/mol. The molecule has 0 spiro atoms. The third kappa shape index (κ3) is 10.1. The van der Waals surface area contributed by atoms with Gasteiger partial charge in [-0.05, 0) is 80.3 Å². The number of carbonyl (C=O) groups is 1. The first kappa shape index (κ1) is 37.6. The molecule has 4 unspecified atom stereocenters. The van der Waals surface area contributed by atoms with E-state index in [0.29, 0.717) is 31.6 Å². The molecule has 258 valence electrons. The van der Waals surface area contributed by atoms with E-state index in [1.807, 2.05) is 31.2 Å². The first-order valence-corrected chi connectivity index (χ1v) is 16.4. The molecule has 0 bridgehead atoms. The molecule has 2 N–H and O–H groups in total. The Balaban J connectivity index is 1.68. The minimum Gasteiger partial charge on any atom is -0.508 e. The Morgan fingerprint density at radius 1 is 0.830 bits per heavy atom. The summed E-state index contributed by atoms with van der Waals surface area (Å²) in [5, 5.41) is 9.82. The number of hydrogen-bond donors (Lipinski definition) is 2. The van der Waals surface area contributed by atoms with Crippen molar-refractivity contribution in [1.82, 2.24) is 0 Å². The molecule has 0 aliphatic heterocycles. The maximum atomic E-state index is 14.2. The van der Waals surface area contributed by atoms with E-state index in [1.54, 1.807) is 38.1 Å². The Bertz CT molecular complexity index is 1570. The van der Waals surface area contributed by atoms with Gasteiger partial charge in [-0.15, -0.1) is 0 Å². The second-order valence-electron chi connectivity index (χ2n) is 10.9. The van der Waals surface area contributed by atoms with Gasteiger partial charge in [0.1, 0.15) is 24.7 Å². The van der Waals surface area contributed by atoms with Gasteiger partial charge in [0.2, 0.25) is 11.6 Å². The maximum Gasteiger partial charge on any atom is 0.309 e. The fourth-order valence-electron chi connectivity index (χ4n) is 5.13. The molecule has 0 fully saturated rings. The van der Waals surface area contributed by atoms with Crippen LogP contribution in [0.3, 0.4) is 0 Å². The average Bonchev–Trinajstić information content (AvgIpc) is 3.01. The highest BCUT2D eigenvalue weighted by atomic mass is 32.2. The van der Waals surface area contributed by atoms with Crippen molar-refractivity contribution >= 4 is 16.1 Å². The molecule has 0 amide bonds. The normalized spacial score (nSPS) is 14.2. The largest absolute Gasteiger partial charge is 0.508 e. The molecule has 3 rings (SSSR count). The van der Waals surface area contributed by atoms with Gasteiger partial charge in [0.05, 0.1) is 5.92 Å². The van der Waals surface area contributed by atoms with Crippen LogP contribution < -0.4 is 9.47 Å². The van der Waals surface area contributed by atoms with Crippen molar-refractivity contribution < 1.29 is 59.4 Å². The summed E-state index contributed by atoms with van der Waals surface area (Å²) in [6, 6.07) is 14.3. The Hall–Kier alpha value is -3.88. The van der Waals surface area contributed by atoms with Gasteiger partial charge in [0.15, 0.2) is 28.6 Å². The van der Waals surface area contributed by atoms with E-state index >= 15 is 0 Å². The van der Waals surface area contributed by atoms with Crippen LogP contribution >= 0.6 is 0 Å². The summed E-state index contributed by atoms with van der Waals surface area (Å²) < 4.78 is 109. The fraction of sp³-hybridized carbons (Fsp3) is 0.424. The standard InChI is InChI=1S/C33H38F4O9S/c1-5-21(33(39)45-16-15-44-31-27(34)29(36)32(47(40,41)42)30(37)28(31)35)18-24(23-7-11-25(38)12-8-23)17-19(3)22-9-13-26(14-10-22)46-20(4)43-6-2/h7-14,19-21,24,38H,5-6,15-18H2,1-4H3,(H,40,41,42). The Morgan fingerprint density at radius 3 is 1.94 bits per heavy atom. The van der Waals surface area contributed by atoms with Gasteiger partial charge in [0.25, 0.3) is 0 Å². The summed E-state index contributed by atoms with van der Waals surface area (Å²) in [6.07, 6.45) is 0.966. The zero-order valence-corrected chi connectivity index (χ0v) is 27.2. The van der Waals surface area contributed by atoms with E-state index < -0.39 is 75.4 Å². The number of carbonyl (C=O) groups excluding carboxylic acids is 1. The molecule has 0 radical (unpaired) electrons. The summed E-state index contributed by atoms with van der Waals surface area (Å²) in [5.41, 5.74) is 1.92. The van der Waals surface area contributed by atoms with Crippen LogP contribution in [0.2, 0.25) is 0 Å². The molecule has 0 aromatic heterocycles. The molecule has 3 aromatic carbocycles. The third-order valence-electron chi connectivity index (χ3n) is 7.57. The molecule has 0 aliphatic rings. The van der Waals surface area contributed by atoms with Gasteiger partial charge in [-0.2, -0.15) is 17.2 Å². The summed E-state index contributed by atoms with van der Waals surface area (Å²) in [6.45, 7) is 6.77. The van der Waals surface area contributed by atoms with Crippen LogP contribution in [0.5, 0.6) is 17.2 Å². The van der Waals surface area contributed by atoms with Crippen LogP contribution in [0, 0.1) is 29.2 Å². The molecular formula is C33H38F4O9S. The number of hydrogen-bond acceptors (Lipinski definition) is 8. The van der Waals surface area contributed by atoms with Gasteiger partial charge in [-0.25, -0.2) is 8.78 Å². The van der Waals surface area contributed by atoms with Crippen molar-refractivity contribution in [3.63, 3.8) is 0 Å². The van der Waals surface area contributed by atoms with Crippen LogP contribution in [0.25, 0.3) is 0 Å². The number of esters is 1. The summed E-state index contributed by atoms with van der Waals surface area (Å²) in [7, 11) is -5.62. The predicted molar refractivity (Wildman–Crippen MR) is 163 cm³/mol. The Labute approximate surface area is 271 Å². The number of rotatable bonds is 17. The fourth-order valence-corrected chi connectivity index (χ4v) is 5.77. The van der Waals surface area contributed by atoms with Gasteiger partial charge in [-0.1, -0.05) is 38.1 Å². The van der Waals surface area contributed by atoms with Crippen molar-refractivity contribution in [3.8, 4) is 17.2 Å². The van der Waals surface area contributed by atoms with E-state index in [2.05, 4.69) is 6.92 Å². The summed E-state index contributed by atoms with van der Waals surface area (Å²) >= 11 is 0. The first-order chi connectivity index (χ1) is 22.2. The quantitative estimate of drug-likeness (QED) is 0.0376. The molecule has 14 heteroatoms. The lowest BCUT2D eigenvalue weighted by Gasteiger charge is -2.25. The smallest absolute Gasteiger partial charge is 0.309 e. The van der Waals surface area contributed by atoms with Crippen molar-refractivity contribution in [1.29, 1.82) is 0 Å². The summed E-state index contributed by atoms with van der Waals surface area (Å²) in [5.74, 6) is -11.3. The Morgan fingerprint density at radius 2 is 1.40 bits per heavy atom. The number of halogens is 4. The van der Waals surface area contributed by atoms with Crippen LogP contribution in [0.4, 0.5) is 17.6 Å². The molecule has 9 nitrogen and oxygen atoms in total. The average molecular weight is 687 g/mol. The molecule has 0 heterocycles. The zero-order chi connectivity index (χ0) is 34.9. The molecule has 47 heavy (non-hydrogen) atoms. The number of benzene rings is 3. The number of phenols is 1. The maximum absolute atomic E-state index is 14.2. The molecule has 0 aliphatic carbocycles. The van der Waals surface area contributed by atoms with E-state index in [0.717, 1.165) is 11.1 Å². The number of phenolic OH excluding ortho intramolecular Hbond substituents is 1. The minimum absolute atomic E-state index is 0.0480. The van der Waals surface area contributed by atoms with E-state index in [1.165, 1.54) is 0 Å². The monoisotopic (exact) mass is 686 g/mol. The Kier molecular flexibility index (Phi) is 13.4. The van der Waals surface area contributed by atoms with Crippen molar-refractivity contribution in [3.05, 3.63) is 82.9 Å². The predicted octanol–water partition coefficient (Wildman–Crippen LogP) is 7.27. The van der Waals surface area contributed by atoms with E-state index in [9.17, 15) is 35.9 Å². The van der Waals surface area contributed by atoms with Gasteiger partial charge < -0.3 is 24.1 Å². The van der Waals surface area contributed by atoms with E-state index in [4.69, 9.17) is 23.5 Å². The highest BCUT2D eigenvalue weighted by Crippen LogP contribution is 2.37. The minimum atomic E-state index is -5.62. The van der Waals surface area contributed by atoms with Crippen LogP contribution in [-0.4, -0.2) is 50.2 Å². The lowest BCUT2D eigenvalue weighted by Crippen LogP contribution is -2.23. The lowest BCUT2D eigenvalue weighted by molar-refractivity contribution is -0.149. The van der Waals surface area contributed by atoms with Crippen molar-refractivity contribution in [2.24, 2.45) is 5.92 Å². The van der Waals surface area contributed by atoms with E-state index in [-0.39, 0.29) is 17.6 Å². The first-order valence-electron chi connectivity index (χ1n) is 15.0. The highest BCUT2D eigenvalue weighted by molar-refractivity contribution is 7.85. The second kappa shape index (κ2) is 16.8. The molecule has 3 aromatic rings. The van der Waals surface area contributed by atoms with Crippen LogP contribution in [0.1, 0.15) is 69.9 Å². The molecule has 0 saturated heterocycles. The SMILES string of the molecule is CCOC(C)Oc1ccc(C(C)CC(CC(CC)C(=O)OCCOc2c(F)c(F)c(S(=O)(=O)O)c(F)c2F)c2ccc(O)cc2)cc1. The zero-order valence-electron chi connectivity index (χ0n) is 26.3. The van der Waals surface area contributed by atoms with Crippen LogP contribution in [0.15, 0.2) is 53.4 Å².